The Hall–Kier alpha value is -2.55. The lowest BCUT2D eigenvalue weighted by atomic mass is 9.71. The van der Waals surface area contributed by atoms with E-state index in [-0.39, 0.29) is 11.2 Å². The number of nitriles is 1. The number of aromatic amines is 1. The van der Waals surface area contributed by atoms with Crippen LogP contribution < -0.4 is 0 Å². The summed E-state index contributed by atoms with van der Waals surface area (Å²) in [6.45, 7) is 5.33. The Morgan fingerprint density at radius 3 is 2.68 bits per heavy atom. The largest absolute Gasteiger partial charge is 0.357 e. The van der Waals surface area contributed by atoms with E-state index < -0.39 is 0 Å². The second-order valence-electron chi connectivity index (χ2n) is 8.06. The van der Waals surface area contributed by atoms with Crippen molar-refractivity contribution in [2.75, 3.05) is 26.4 Å². The number of ketones is 1. The molecule has 0 atom stereocenters. The summed E-state index contributed by atoms with van der Waals surface area (Å²) in [7, 11) is 4.15. The quantitative estimate of drug-likeness (QED) is 0.665. The number of fused-ring (bicyclic) bond motifs is 4. The maximum absolute atomic E-state index is 13.3. The molecule has 5 heteroatoms. The number of rotatable bonds is 4. The lowest BCUT2D eigenvalue weighted by Gasteiger charge is -2.32. The van der Waals surface area contributed by atoms with Gasteiger partial charge < -0.3 is 9.88 Å². The Labute approximate surface area is 169 Å². The van der Waals surface area contributed by atoms with Crippen LogP contribution in [0.15, 0.2) is 41.3 Å². The third kappa shape index (κ3) is 2.94. The maximum atomic E-state index is 13.3. The van der Waals surface area contributed by atoms with E-state index in [1.54, 1.807) is 6.07 Å². The van der Waals surface area contributed by atoms with E-state index in [9.17, 15) is 10.1 Å². The van der Waals surface area contributed by atoms with Gasteiger partial charge in [-0.2, -0.15) is 5.26 Å². The maximum Gasteiger partial charge on any atom is 0.195 e. The first-order chi connectivity index (χ1) is 13.3. The molecule has 142 valence electrons. The van der Waals surface area contributed by atoms with Gasteiger partial charge in [0.15, 0.2) is 5.78 Å². The van der Waals surface area contributed by atoms with Crippen molar-refractivity contribution in [1.29, 1.82) is 5.26 Å². The van der Waals surface area contributed by atoms with E-state index in [0.717, 1.165) is 45.6 Å². The number of nitrogens with zero attached hydrogens (tertiary/aromatic N) is 2. The monoisotopic (exact) mass is 389 g/mol. The molecule has 1 aliphatic rings. The molecule has 0 saturated heterocycles. The summed E-state index contributed by atoms with van der Waals surface area (Å²) in [5.74, 6) is 1.07. The van der Waals surface area contributed by atoms with Crippen molar-refractivity contribution in [2.45, 2.75) is 24.2 Å². The first-order valence-corrected chi connectivity index (χ1v) is 10.3. The minimum atomic E-state index is -0.317. The van der Waals surface area contributed by atoms with Crippen molar-refractivity contribution >= 4 is 28.4 Å². The second kappa shape index (κ2) is 6.80. The molecule has 0 bridgehead atoms. The molecule has 0 saturated carbocycles. The Bertz CT molecular complexity index is 1130. The molecular weight excluding hydrogens is 366 g/mol. The molecule has 1 aliphatic carbocycles. The predicted octanol–water partition coefficient (Wildman–Crippen LogP) is 4.56. The summed E-state index contributed by atoms with van der Waals surface area (Å²) < 4.78 is 0. The van der Waals surface area contributed by atoms with Crippen LogP contribution in [0.4, 0.5) is 0 Å². The van der Waals surface area contributed by atoms with Gasteiger partial charge in [-0.3, -0.25) is 4.79 Å². The Kier molecular flexibility index (Phi) is 4.57. The van der Waals surface area contributed by atoms with E-state index in [0.29, 0.717) is 5.56 Å². The molecule has 0 aliphatic heterocycles. The third-order valence-corrected chi connectivity index (χ3v) is 6.47. The van der Waals surface area contributed by atoms with Crippen LogP contribution in [0.3, 0.4) is 0 Å². The summed E-state index contributed by atoms with van der Waals surface area (Å²) in [6, 6.07) is 13.9. The van der Waals surface area contributed by atoms with Gasteiger partial charge in [-0.1, -0.05) is 19.9 Å². The lowest BCUT2D eigenvalue weighted by molar-refractivity contribution is 0.103. The van der Waals surface area contributed by atoms with E-state index in [1.807, 2.05) is 30.0 Å². The van der Waals surface area contributed by atoms with Crippen LogP contribution in [0.25, 0.3) is 10.9 Å². The average Bonchev–Trinajstić information content (AvgIpc) is 3.06. The number of hydrogen-bond donors (Lipinski definition) is 1. The van der Waals surface area contributed by atoms with Gasteiger partial charge in [0.05, 0.1) is 17.2 Å². The topological polar surface area (TPSA) is 59.9 Å². The first-order valence-electron chi connectivity index (χ1n) is 9.36. The van der Waals surface area contributed by atoms with Crippen LogP contribution in [0.2, 0.25) is 0 Å². The van der Waals surface area contributed by atoms with Crippen molar-refractivity contribution in [3.05, 3.63) is 64.3 Å². The fraction of sp³-hybridized carbons (Fsp3) is 0.304. The highest BCUT2D eigenvalue weighted by atomic mass is 32.2. The Morgan fingerprint density at radius 2 is 1.96 bits per heavy atom. The number of hydrogen-bond acceptors (Lipinski definition) is 4. The highest BCUT2D eigenvalue weighted by Crippen LogP contribution is 2.44. The Morgan fingerprint density at radius 1 is 1.18 bits per heavy atom. The predicted molar refractivity (Wildman–Crippen MR) is 114 cm³/mol. The summed E-state index contributed by atoms with van der Waals surface area (Å²) in [6.07, 6.45) is 0. The summed E-state index contributed by atoms with van der Waals surface area (Å²) in [5.41, 5.74) is 4.64. The van der Waals surface area contributed by atoms with Gasteiger partial charge >= 0.3 is 0 Å². The van der Waals surface area contributed by atoms with Crippen LogP contribution >= 0.6 is 11.8 Å². The Balaban J connectivity index is 1.81. The third-order valence-electron chi connectivity index (χ3n) is 5.50. The molecule has 3 aromatic rings. The van der Waals surface area contributed by atoms with Crippen molar-refractivity contribution in [2.24, 2.45) is 0 Å². The lowest BCUT2D eigenvalue weighted by Crippen LogP contribution is -2.30. The molecule has 4 nitrogen and oxygen atoms in total. The average molecular weight is 390 g/mol. The molecule has 0 spiro atoms. The van der Waals surface area contributed by atoms with Gasteiger partial charge in [-0.15, -0.1) is 11.8 Å². The number of benzene rings is 2. The minimum Gasteiger partial charge on any atom is -0.357 e. The molecule has 0 amide bonds. The van der Waals surface area contributed by atoms with E-state index in [4.69, 9.17) is 0 Å². The minimum absolute atomic E-state index is 0.0603. The zero-order valence-electron chi connectivity index (χ0n) is 16.6. The number of H-pyrrole nitrogens is 1. The van der Waals surface area contributed by atoms with Crippen molar-refractivity contribution in [3.63, 3.8) is 0 Å². The van der Waals surface area contributed by atoms with Crippen molar-refractivity contribution in [1.82, 2.24) is 9.88 Å². The van der Waals surface area contributed by atoms with Gasteiger partial charge in [0.1, 0.15) is 0 Å². The van der Waals surface area contributed by atoms with Gasteiger partial charge in [0, 0.05) is 44.8 Å². The molecule has 0 unspecified atom stereocenters. The van der Waals surface area contributed by atoms with E-state index in [1.165, 1.54) is 4.90 Å². The molecule has 28 heavy (non-hydrogen) atoms. The molecule has 1 heterocycles. The van der Waals surface area contributed by atoms with Gasteiger partial charge in [0.25, 0.3) is 0 Å². The fourth-order valence-corrected chi connectivity index (χ4v) is 4.97. The first kappa shape index (κ1) is 18.8. The van der Waals surface area contributed by atoms with E-state index in [2.05, 4.69) is 56.0 Å². The number of nitrogens with one attached hydrogen (secondary N) is 1. The van der Waals surface area contributed by atoms with E-state index >= 15 is 0 Å². The second-order valence-corrected chi connectivity index (χ2v) is 9.23. The number of carbonyl (C=O) groups is 1. The molecule has 0 radical (unpaired) electrons. The summed E-state index contributed by atoms with van der Waals surface area (Å²) >= 11 is 1.82. The van der Waals surface area contributed by atoms with Crippen LogP contribution in [0.1, 0.15) is 46.6 Å². The zero-order valence-corrected chi connectivity index (χ0v) is 17.4. The molecule has 1 aromatic heterocycles. The zero-order chi connectivity index (χ0) is 20.1. The van der Waals surface area contributed by atoms with Crippen LogP contribution in [0, 0.1) is 11.3 Å². The molecule has 4 rings (SSSR count). The fourth-order valence-electron chi connectivity index (χ4n) is 3.92. The van der Waals surface area contributed by atoms with Gasteiger partial charge in [-0.25, -0.2) is 0 Å². The summed E-state index contributed by atoms with van der Waals surface area (Å²) in [5, 5.41) is 10.1. The molecule has 2 aromatic carbocycles. The smallest absolute Gasteiger partial charge is 0.195 e. The number of thioether (sulfide) groups is 1. The standard InChI is InChI=1S/C23H23N3OS/c1-23(2)18-12-15(28-10-9-26(3)4)6-8-16(18)21(27)20-17-7-5-14(13-24)11-19(17)25-22(20)23/h5-8,11-12,25H,9-10H2,1-4H3. The SMILES string of the molecule is CN(C)CCSc1ccc2c(c1)C(C)(C)c1[nH]c3cc(C#N)ccc3c1C2=O. The van der Waals surface area contributed by atoms with Crippen LogP contribution in [-0.2, 0) is 5.41 Å². The van der Waals surface area contributed by atoms with Crippen LogP contribution in [0.5, 0.6) is 0 Å². The van der Waals surface area contributed by atoms with Crippen LogP contribution in [-0.4, -0.2) is 42.1 Å². The van der Waals surface area contributed by atoms with Gasteiger partial charge in [-0.05, 0) is 50.0 Å². The molecule has 0 fully saturated rings. The normalized spacial score (nSPS) is 14.8. The summed E-state index contributed by atoms with van der Waals surface area (Å²) in [4.78, 5) is 20.1. The molecular formula is C23H23N3OS. The van der Waals surface area contributed by atoms with Crippen molar-refractivity contribution in [3.8, 4) is 6.07 Å². The van der Waals surface area contributed by atoms with Gasteiger partial charge in [0.2, 0.25) is 0 Å². The number of carbonyl (C=O) groups excluding carboxylic acids is 1. The highest BCUT2D eigenvalue weighted by molar-refractivity contribution is 7.99. The highest BCUT2D eigenvalue weighted by Gasteiger charge is 2.39. The molecule has 1 N–H and O–H groups in total. The number of aromatic nitrogens is 1. The van der Waals surface area contributed by atoms with Crippen molar-refractivity contribution < 1.29 is 4.79 Å².